The number of halogens is 3. The molecule has 5 nitrogen and oxygen atoms in total. The summed E-state index contributed by atoms with van der Waals surface area (Å²) in [5.74, 6) is -1.13. The fraction of sp³-hybridized carbons (Fsp3) is 0.294. The van der Waals surface area contributed by atoms with E-state index >= 15 is 0 Å². The van der Waals surface area contributed by atoms with E-state index in [1.165, 1.54) is 6.20 Å². The lowest BCUT2D eigenvalue weighted by Gasteiger charge is -2.15. The number of aromatic amines is 1. The Bertz CT molecular complexity index is 963. The molecule has 2 N–H and O–H groups in total. The summed E-state index contributed by atoms with van der Waals surface area (Å²) >= 11 is 0. The Kier molecular flexibility index (Phi) is 4.16. The van der Waals surface area contributed by atoms with Crippen LogP contribution >= 0.6 is 0 Å². The first-order chi connectivity index (χ1) is 11.7. The second kappa shape index (κ2) is 6.03. The first-order valence-electron chi connectivity index (χ1n) is 7.50. The van der Waals surface area contributed by atoms with Crippen molar-refractivity contribution in [1.29, 1.82) is 0 Å². The number of carbonyl (C=O) groups is 1. The summed E-state index contributed by atoms with van der Waals surface area (Å²) in [7, 11) is 0. The van der Waals surface area contributed by atoms with E-state index in [4.69, 9.17) is 4.74 Å². The van der Waals surface area contributed by atoms with Gasteiger partial charge in [-0.1, -0.05) is 6.07 Å². The van der Waals surface area contributed by atoms with E-state index in [1.54, 1.807) is 32.0 Å². The Hall–Kier alpha value is -2.61. The Morgan fingerprint density at radius 3 is 2.72 bits per heavy atom. The highest BCUT2D eigenvalue weighted by Crippen LogP contribution is 2.32. The van der Waals surface area contributed by atoms with Crippen LogP contribution < -0.4 is 0 Å². The molecule has 0 amide bonds. The monoisotopic (exact) mass is 352 g/mol. The fourth-order valence-electron chi connectivity index (χ4n) is 2.86. The second-order valence-corrected chi connectivity index (χ2v) is 5.82. The molecule has 1 aromatic carbocycles. The molecule has 1 unspecified atom stereocenters. The van der Waals surface area contributed by atoms with Crippen molar-refractivity contribution in [3.05, 3.63) is 41.2 Å². The van der Waals surface area contributed by atoms with Gasteiger partial charge in [0.25, 0.3) is 0 Å². The van der Waals surface area contributed by atoms with E-state index in [0.717, 1.165) is 10.9 Å². The molecule has 0 saturated heterocycles. The van der Waals surface area contributed by atoms with Gasteiger partial charge in [0.15, 0.2) is 5.69 Å². The number of benzene rings is 1. The van der Waals surface area contributed by atoms with Crippen LogP contribution in [0.25, 0.3) is 21.8 Å². The van der Waals surface area contributed by atoms with E-state index in [2.05, 4.69) is 9.97 Å². The fourth-order valence-corrected chi connectivity index (χ4v) is 2.86. The number of carboxylic acids is 1. The molecule has 0 aliphatic heterocycles. The maximum atomic E-state index is 12.3. The molecule has 0 bridgehead atoms. The van der Waals surface area contributed by atoms with Crippen molar-refractivity contribution in [1.82, 2.24) is 9.97 Å². The largest absolute Gasteiger partial charge is 0.477 e. The minimum Gasteiger partial charge on any atom is -0.477 e. The van der Waals surface area contributed by atoms with Crippen LogP contribution in [0.1, 0.15) is 34.6 Å². The van der Waals surface area contributed by atoms with Crippen LogP contribution in [0.2, 0.25) is 0 Å². The molecule has 3 rings (SSSR count). The molecule has 2 aromatic heterocycles. The minimum absolute atomic E-state index is 0.0554. The number of nitrogens with one attached hydrogen (secondary N) is 1. The maximum Gasteiger partial charge on any atom is 0.411 e. The third kappa shape index (κ3) is 3.30. The summed E-state index contributed by atoms with van der Waals surface area (Å²) in [6.45, 7) is 1.87. The smallest absolute Gasteiger partial charge is 0.411 e. The first-order valence-corrected chi connectivity index (χ1v) is 7.50. The Labute approximate surface area is 140 Å². The lowest BCUT2D eigenvalue weighted by Crippen LogP contribution is -2.18. The second-order valence-electron chi connectivity index (χ2n) is 5.82. The molecule has 0 aliphatic rings. The van der Waals surface area contributed by atoms with Crippen molar-refractivity contribution in [2.24, 2.45) is 0 Å². The van der Waals surface area contributed by atoms with Gasteiger partial charge in [-0.2, -0.15) is 13.2 Å². The summed E-state index contributed by atoms with van der Waals surface area (Å²) < 4.78 is 41.9. The van der Waals surface area contributed by atoms with E-state index in [9.17, 15) is 23.1 Å². The number of pyridine rings is 1. The van der Waals surface area contributed by atoms with E-state index < -0.39 is 24.9 Å². The number of aromatic carboxylic acids is 1. The van der Waals surface area contributed by atoms with Crippen LogP contribution in [0.5, 0.6) is 0 Å². The van der Waals surface area contributed by atoms with E-state index in [1.807, 2.05) is 0 Å². The van der Waals surface area contributed by atoms with Gasteiger partial charge in [0.2, 0.25) is 0 Å². The molecule has 2 heterocycles. The molecule has 1 atom stereocenters. The average molecular weight is 352 g/mol. The SMILES string of the molecule is Cc1c(C(=O)O)ncc2[nH]c3ccc(C(C)OCC(F)(F)F)cc3c12. The molecule has 0 spiro atoms. The summed E-state index contributed by atoms with van der Waals surface area (Å²) in [6.07, 6.45) is -3.70. The lowest BCUT2D eigenvalue weighted by atomic mass is 10.0. The predicted octanol–water partition coefficient (Wildman–Crippen LogP) is 4.36. The molecule has 0 saturated carbocycles. The van der Waals surface area contributed by atoms with Crippen molar-refractivity contribution < 1.29 is 27.8 Å². The summed E-state index contributed by atoms with van der Waals surface area (Å²) in [4.78, 5) is 18.3. The minimum atomic E-state index is -4.39. The molecule has 132 valence electrons. The number of hydrogen-bond acceptors (Lipinski definition) is 3. The van der Waals surface area contributed by atoms with Gasteiger partial charge in [-0.25, -0.2) is 9.78 Å². The Balaban J connectivity index is 2.08. The van der Waals surface area contributed by atoms with Gasteiger partial charge in [0, 0.05) is 16.3 Å². The number of ether oxygens (including phenoxy) is 1. The van der Waals surface area contributed by atoms with Crippen LogP contribution in [-0.4, -0.2) is 33.8 Å². The Morgan fingerprint density at radius 2 is 2.08 bits per heavy atom. The Morgan fingerprint density at radius 1 is 1.36 bits per heavy atom. The third-order valence-electron chi connectivity index (χ3n) is 4.07. The van der Waals surface area contributed by atoms with Crippen LogP contribution in [0.15, 0.2) is 24.4 Å². The number of carboxylic acid groups (broad SMARTS) is 1. The van der Waals surface area contributed by atoms with Crippen LogP contribution in [0, 0.1) is 6.92 Å². The summed E-state index contributed by atoms with van der Waals surface area (Å²) in [6, 6.07) is 5.13. The molecular weight excluding hydrogens is 337 g/mol. The number of H-pyrrole nitrogens is 1. The quantitative estimate of drug-likeness (QED) is 0.731. The van der Waals surface area contributed by atoms with Crippen molar-refractivity contribution in [3.63, 3.8) is 0 Å². The normalized spacial score (nSPS) is 13.5. The topological polar surface area (TPSA) is 75.2 Å². The third-order valence-corrected chi connectivity index (χ3v) is 4.07. The van der Waals surface area contributed by atoms with Gasteiger partial charge in [0.05, 0.1) is 17.8 Å². The first kappa shape index (κ1) is 17.2. The summed E-state index contributed by atoms with van der Waals surface area (Å²) in [5.41, 5.74) is 2.43. The average Bonchev–Trinajstić information content (AvgIpc) is 2.90. The number of aryl methyl sites for hydroxylation is 1. The van der Waals surface area contributed by atoms with E-state index in [-0.39, 0.29) is 5.69 Å². The molecular formula is C17H15F3N2O3. The molecule has 3 aromatic rings. The van der Waals surface area contributed by atoms with Gasteiger partial charge in [-0.3, -0.25) is 0 Å². The number of alkyl halides is 3. The number of rotatable bonds is 4. The van der Waals surface area contributed by atoms with Crippen LogP contribution in [0.3, 0.4) is 0 Å². The molecule has 0 aliphatic carbocycles. The molecule has 8 heteroatoms. The van der Waals surface area contributed by atoms with Gasteiger partial charge in [-0.05, 0) is 37.1 Å². The molecule has 0 radical (unpaired) electrons. The zero-order valence-corrected chi connectivity index (χ0v) is 13.4. The van der Waals surface area contributed by atoms with Crippen molar-refractivity contribution in [2.75, 3.05) is 6.61 Å². The van der Waals surface area contributed by atoms with Gasteiger partial charge < -0.3 is 14.8 Å². The lowest BCUT2D eigenvalue weighted by molar-refractivity contribution is -0.184. The van der Waals surface area contributed by atoms with Crippen molar-refractivity contribution in [3.8, 4) is 0 Å². The van der Waals surface area contributed by atoms with Crippen LogP contribution in [-0.2, 0) is 4.74 Å². The van der Waals surface area contributed by atoms with Gasteiger partial charge in [-0.15, -0.1) is 0 Å². The van der Waals surface area contributed by atoms with Crippen molar-refractivity contribution in [2.45, 2.75) is 26.1 Å². The number of fused-ring (bicyclic) bond motifs is 3. The number of hydrogen-bond donors (Lipinski definition) is 2. The maximum absolute atomic E-state index is 12.3. The zero-order chi connectivity index (χ0) is 18.4. The molecule has 0 fully saturated rings. The highest BCUT2D eigenvalue weighted by Gasteiger charge is 2.28. The van der Waals surface area contributed by atoms with Crippen molar-refractivity contribution >= 4 is 27.8 Å². The highest BCUT2D eigenvalue weighted by atomic mass is 19.4. The van der Waals surface area contributed by atoms with Gasteiger partial charge >= 0.3 is 12.1 Å². The number of nitrogens with zero attached hydrogens (tertiary/aromatic N) is 1. The highest BCUT2D eigenvalue weighted by molar-refractivity contribution is 6.10. The van der Waals surface area contributed by atoms with Gasteiger partial charge in [0.1, 0.15) is 6.61 Å². The van der Waals surface area contributed by atoms with Crippen LogP contribution in [0.4, 0.5) is 13.2 Å². The molecule has 25 heavy (non-hydrogen) atoms. The number of aromatic nitrogens is 2. The predicted molar refractivity (Wildman–Crippen MR) is 85.7 cm³/mol. The summed E-state index contributed by atoms with van der Waals surface area (Å²) in [5, 5.41) is 10.6. The standard InChI is InChI=1S/C17H15F3N2O3/c1-8-14-11-5-10(9(2)25-7-17(18,19)20)3-4-12(11)22-13(14)6-21-15(8)16(23)24/h3-6,9,22H,7H2,1-2H3,(H,23,24). The zero-order valence-electron chi connectivity index (χ0n) is 13.4. The van der Waals surface area contributed by atoms with E-state index in [0.29, 0.717) is 22.0 Å².